The third-order valence-corrected chi connectivity index (χ3v) is 3.67. The van der Waals surface area contributed by atoms with E-state index in [9.17, 15) is 4.39 Å². The Morgan fingerprint density at radius 1 is 1.33 bits per heavy atom. The first kappa shape index (κ1) is 13.8. The van der Waals surface area contributed by atoms with Crippen LogP contribution in [0.5, 0.6) is 0 Å². The van der Waals surface area contributed by atoms with Crippen molar-refractivity contribution in [3.63, 3.8) is 0 Å². The Morgan fingerprint density at radius 3 is 2.90 bits per heavy atom. The van der Waals surface area contributed by atoms with Crippen molar-refractivity contribution in [2.24, 2.45) is 7.05 Å². The number of aromatic nitrogens is 4. The van der Waals surface area contributed by atoms with Crippen LogP contribution in [0.15, 0.2) is 24.5 Å². The lowest BCUT2D eigenvalue weighted by atomic mass is 10.1. The molecule has 0 atom stereocenters. The van der Waals surface area contributed by atoms with E-state index < -0.39 is 6.08 Å². The molecule has 0 aliphatic rings. The fraction of sp³-hybridized carbons (Fsp3) is 0.214. The van der Waals surface area contributed by atoms with E-state index in [1.807, 2.05) is 25.1 Å². The average molecular weight is 306 g/mol. The molecule has 0 unspecified atom stereocenters. The highest BCUT2D eigenvalue weighted by Gasteiger charge is 2.12. The minimum Gasteiger partial charge on any atom is -0.364 e. The van der Waals surface area contributed by atoms with Crippen LogP contribution in [-0.4, -0.2) is 19.5 Å². The number of fused-ring (bicyclic) bond motifs is 1. The van der Waals surface area contributed by atoms with Gasteiger partial charge in [0.15, 0.2) is 17.0 Å². The van der Waals surface area contributed by atoms with Crippen molar-refractivity contribution in [3.05, 3.63) is 46.8 Å². The quantitative estimate of drug-likeness (QED) is 0.756. The molecule has 0 saturated carbocycles. The summed E-state index contributed by atoms with van der Waals surface area (Å²) < 4.78 is 15.2. The standard InChI is InChI=1S/C14H13ClFN5/c1-8-4-3-5-10(15)9(8)6-17-12-11-13(20-14(16)19-12)21(2)7-18-11/h3-5,7H,6H2,1-2H3,(H,17,19,20). The summed E-state index contributed by atoms with van der Waals surface area (Å²) in [6, 6.07) is 5.69. The fourth-order valence-electron chi connectivity index (χ4n) is 2.17. The number of halogens is 2. The molecular weight excluding hydrogens is 293 g/mol. The van der Waals surface area contributed by atoms with Crippen LogP contribution in [0, 0.1) is 13.0 Å². The average Bonchev–Trinajstić information content (AvgIpc) is 2.80. The van der Waals surface area contributed by atoms with Gasteiger partial charge < -0.3 is 9.88 Å². The van der Waals surface area contributed by atoms with Gasteiger partial charge in [0.2, 0.25) is 0 Å². The predicted molar refractivity (Wildman–Crippen MR) is 79.8 cm³/mol. The number of nitrogens with zero attached hydrogens (tertiary/aromatic N) is 4. The normalized spacial score (nSPS) is 11.0. The van der Waals surface area contributed by atoms with Gasteiger partial charge in [-0.15, -0.1) is 0 Å². The second-order valence-corrected chi connectivity index (χ2v) is 5.16. The molecule has 2 heterocycles. The fourth-order valence-corrected chi connectivity index (χ4v) is 2.45. The van der Waals surface area contributed by atoms with Crippen molar-refractivity contribution in [2.45, 2.75) is 13.5 Å². The summed E-state index contributed by atoms with van der Waals surface area (Å²) in [5, 5.41) is 3.75. The molecule has 0 bridgehead atoms. The summed E-state index contributed by atoms with van der Waals surface area (Å²) in [6.45, 7) is 2.41. The van der Waals surface area contributed by atoms with Gasteiger partial charge in [-0.2, -0.15) is 14.4 Å². The molecular formula is C14H13ClFN5. The molecule has 7 heteroatoms. The molecule has 0 aliphatic carbocycles. The van der Waals surface area contributed by atoms with E-state index in [1.165, 1.54) is 0 Å². The molecule has 1 aromatic carbocycles. The summed E-state index contributed by atoms with van der Waals surface area (Å²) in [5.74, 6) is 0.359. The second kappa shape index (κ2) is 5.29. The van der Waals surface area contributed by atoms with Crippen LogP contribution in [0.2, 0.25) is 5.02 Å². The van der Waals surface area contributed by atoms with Crippen LogP contribution in [0.3, 0.4) is 0 Å². The van der Waals surface area contributed by atoms with Crippen molar-refractivity contribution in [1.29, 1.82) is 0 Å². The molecule has 0 aliphatic heterocycles. The largest absolute Gasteiger partial charge is 0.364 e. The maximum absolute atomic E-state index is 13.5. The van der Waals surface area contributed by atoms with Gasteiger partial charge in [-0.3, -0.25) is 0 Å². The molecule has 0 spiro atoms. The molecule has 1 N–H and O–H groups in total. The first-order valence-corrected chi connectivity index (χ1v) is 6.76. The van der Waals surface area contributed by atoms with Crippen molar-refractivity contribution >= 4 is 28.6 Å². The summed E-state index contributed by atoms with van der Waals surface area (Å²) >= 11 is 6.18. The van der Waals surface area contributed by atoms with Crippen LogP contribution in [0.1, 0.15) is 11.1 Å². The number of hydrogen-bond acceptors (Lipinski definition) is 4. The van der Waals surface area contributed by atoms with Crippen molar-refractivity contribution < 1.29 is 4.39 Å². The number of anilines is 1. The first-order valence-electron chi connectivity index (χ1n) is 6.38. The predicted octanol–water partition coefficient (Wildman–Crippen LogP) is 3.08. The van der Waals surface area contributed by atoms with Gasteiger partial charge in [-0.1, -0.05) is 23.7 Å². The van der Waals surface area contributed by atoms with Gasteiger partial charge in [0.05, 0.1) is 6.33 Å². The van der Waals surface area contributed by atoms with E-state index in [2.05, 4.69) is 20.3 Å². The lowest BCUT2D eigenvalue weighted by Gasteiger charge is -2.10. The van der Waals surface area contributed by atoms with Crippen molar-refractivity contribution in [3.8, 4) is 0 Å². The van der Waals surface area contributed by atoms with E-state index in [1.54, 1.807) is 17.9 Å². The van der Waals surface area contributed by atoms with Gasteiger partial charge >= 0.3 is 6.08 Å². The molecule has 0 radical (unpaired) electrons. The number of imidazole rings is 1. The van der Waals surface area contributed by atoms with E-state index >= 15 is 0 Å². The maximum Gasteiger partial charge on any atom is 0.312 e. The number of rotatable bonds is 3. The molecule has 3 aromatic rings. The number of hydrogen-bond donors (Lipinski definition) is 1. The Balaban J connectivity index is 1.95. The van der Waals surface area contributed by atoms with Crippen molar-refractivity contribution in [1.82, 2.24) is 19.5 Å². The highest BCUT2D eigenvalue weighted by atomic mass is 35.5. The monoisotopic (exact) mass is 305 g/mol. The van der Waals surface area contributed by atoms with Crippen LogP contribution < -0.4 is 5.32 Å². The summed E-state index contributed by atoms with van der Waals surface area (Å²) in [7, 11) is 1.75. The lowest BCUT2D eigenvalue weighted by Crippen LogP contribution is -2.06. The Labute approximate surface area is 125 Å². The first-order chi connectivity index (χ1) is 10.1. The zero-order valence-electron chi connectivity index (χ0n) is 11.6. The zero-order chi connectivity index (χ0) is 15.0. The van der Waals surface area contributed by atoms with E-state index in [4.69, 9.17) is 11.6 Å². The van der Waals surface area contributed by atoms with Gasteiger partial charge in [0, 0.05) is 18.6 Å². The van der Waals surface area contributed by atoms with Gasteiger partial charge in [-0.25, -0.2) is 4.98 Å². The van der Waals surface area contributed by atoms with E-state index in [-0.39, 0.29) is 0 Å². The molecule has 0 saturated heterocycles. The van der Waals surface area contributed by atoms with Crippen LogP contribution in [-0.2, 0) is 13.6 Å². The van der Waals surface area contributed by atoms with Crippen LogP contribution >= 0.6 is 11.6 Å². The number of aryl methyl sites for hydroxylation is 2. The maximum atomic E-state index is 13.5. The summed E-state index contributed by atoms with van der Waals surface area (Å²) in [6.07, 6.45) is 0.787. The van der Waals surface area contributed by atoms with Gasteiger partial charge in [0.25, 0.3) is 0 Å². The number of benzene rings is 1. The SMILES string of the molecule is Cc1cccc(Cl)c1CNc1nc(F)nc2c1ncn2C. The molecule has 2 aromatic heterocycles. The second-order valence-electron chi connectivity index (χ2n) is 4.76. The van der Waals surface area contributed by atoms with E-state index in [0.717, 1.165) is 11.1 Å². The molecule has 21 heavy (non-hydrogen) atoms. The highest BCUT2D eigenvalue weighted by molar-refractivity contribution is 6.31. The highest BCUT2D eigenvalue weighted by Crippen LogP contribution is 2.23. The summed E-state index contributed by atoms with van der Waals surface area (Å²) in [4.78, 5) is 11.7. The Kier molecular flexibility index (Phi) is 3.47. The van der Waals surface area contributed by atoms with Crippen LogP contribution in [0.4, 0.5) is 10.2 Å². The topological polar surface area (TPSA) is 55.6 Å². The van der Waals surface area contributed by atoms with Gasteiger partial charge in [0.1, 0.15) is 0 Å². The smallest absolute Gasteiger partial charge is 0.312 e. The Bertz CT molecular complexity index is 794. The third-order valence-electron chi connectivity index (χ3n) is 3.32. The Morgan fingerprint density at radius 2 is 2.14 bits per heavy atom. The molecule has 0 fully saturated rings. The minimum absolute atomic E-state index is 0.359. The lowest BCUT2D eigenvalue weighted by molar-refractivity contribution is 0.543. The zero-order valence-corrected chi connectivity index (χ0v) is 12.3. The Hall–Kier alpha value is -2.21. The summed E-state index contributed by atoms with van der Waals surface area (Å²) in [5.41, 5.74) is 2.98. The van der Waals surface area contributed by atoms with Crippen molar-refractivity contribution in [2.75, 3.05) is 5.32 Å². The van der Waals surface area contributed by atoms with Crippen LogP contribution in [0.25, 0.3) is 11.2 Å². The van der Waals surface area contributed by atoms with Gasteiger partial charge in [-0.05, 0) is 24.1 Å². The van der Waals surface area contributed by atoms with E-state index in [0.29, 0.717) is 28.5 Å². The third kappa shape index (κ3) is 2.54. The minimum atomic E-state index is -0.788. The molecule has 3 rings (SSSR count). The molecule has 0 amide bonds. The number of nitrogens with one attached hydrogen (secondary N) is 1. The molecule has 108 valence electrons. The molecule has 5 nitrogen and oxygen atoms in total.